The van der Waals surface area contributed by atoms with Gasteiger partial charge in [0.15, 0.2) is 0 Å². The van der Waals surface area contributed by atoms with Crippen LogP contribution in [-0.2, 0) is 34.9 Å². The van der Waals surface area contributed by atoms with E-state index in [2.05, 4.69) is 10.3 Å². The Bertz CT molecular complexity index is 1900. The largest absolute Gasteiger partial charge is 0.417 e. The number of benzene rings is 2. The lowest BCUT2D eigenvalue weighted by Gasteiger charge is -2.17. The van der Waals surface area contributed by atoms with Crippen LogP contribution in [0.4, 0.5) is 13.2 Å². The maximum absolute atomic E-state index is 13.7. The molecule has 0 amide bonds. The normalized spacial score (nSPS) is 13.9. The maximum atomic E-state index is 13.7. The maximum Gasteiger partial charge on any atom is 0.417 e. The minimum Gasteiger partial charge on any atom is -0.311 e. The molecule has 40 heavy (non-hydrogen) atoms. The van der Waals surface area contributed by atoms with Crippen LogP contribution < -0.4 is 10.9 Å². The van der Waals surface area contributed by atoms with Gasteiger partial charge in [-0.05, 0) is 54.4 Å². The quantitative estimate of drug-likeness (QED) is 0.328. The molecular formula is C29H23F3N4O3S. The first-order valence-electron chi connectivity index (χ1n) is 12.5. The molecule has 204 valence electrons. The summed E-state index contributed by atoms with van der Waals surface area (Å²) in [4.78, 5) is 17.0. The van der Waals surface area contributed by atoms with Gasteiger partial charge < -0.3 is 5.32 Å². The van der Waals surface area contributed by atoms with Crippen LogP contribution in [0.5, 0.6) is 0 Å². The summed E-state index contributed by atoms with van der Waals surface area (Å²) < 4.78 is 68.9. The molecule has 7 nitrogen and oxygen atoms in total. The summed E-state index contributed by atoms with van der Waals surface area (Å²) in [6.45, 7) is 1.13. The van der Waals surface area contributed by atoms with Crippen LogP contribution in [0.2, 0.25) is 0 Å². The second kappa shape index (κ2) is 9.76. The summed E-state index contributed by atoms with van der Waals surface area (Å²) in [5, 5.41) is 4.07. The Labute approximate surface area is 227 Å². The molecule has 2 aromatic carbocycles. The Morgan fingerprint density at radius 3 is 2.48 bits per heavy atom. The minimum atomic E-state index is -4.50. The number of nitrogens with zero attached hydrogens (tertiary/aromatic N) is 3. The van der Waals surface area contributed by atoms with Crippen molar-refractivity contribution in [1.82, 2.24) is 18.8 Å². The third-order valence-corrected chi connectivity index (χ3v) is 8.69. The smallest absolute Gasteiger partial charge is 0.311 e. The molecule has 1 aliphatic heterocycles. The van der Waals surface area contributed by atoms with Crippen LogP contribution in [0.15, 0.2) is 90.0 Å². The van der Waals surface area contributed by atoms with Gasteiger partial charge in [0.1, 0.15) is 0 Å². The van der Waals surface area contributed by atoms with Gasteiger partial charge in [-0.1, -0.05) is 36.4 Å². The van der Waals surface area contributed by atoms with Crippen molar-refractivity contribution < 1.29 is 21.6 Å². The van der Waals surface area contributed by atoms with Crippen molar-refractivity contribution in [2.75, 3.05) is 6.54 Å². The van der Waals surface area contributed by atoms with Crippen LogP contribution in [-0.4, -0.2) is 28.5 Å². The molecule has 0 unspecified atom stereocenters. The molecule has 0 saturated heterocycles. The molecule has 6 rings (SSSR count). The minimum absolute atomic E-state index is 0.178. The Hall–Kier alpha value is -4.22. The third-order valence-electron chi connectivity index (χ3n) is 7.02. The van der Waals surface area contributed by atoms with Gasteiger partial charge in [-0.3, -0.25) is 14.3 Å². The van der Waals surface area contributed by atoms with E-state index in [9.17, 15) is 26.4 Å². The second-order valence-corrected chi connectivity index (χ2v) is 11.4. The van der Waals surface area contributed by atoms with E-state index >= 15 is 0 Å². The molecule has 0 bridgehead atoms. The predicted octanol–water partition coefficient (Wildman–Crippen LogP) is 4.90. The van der Waals surface area contributed by atoms with Gasteiger partial charge in [0.2, 0.25) is 10.0 Å². The highest BCUT2D eigenvalue weighted by molar-refractivity contribution is 7.89. The van der Waals surface area contributed by atoms with Crippen molar-refractivity contribution in [1.29, 1.82) is 0 Å². The van der Waals surface area contributed by atoms with Gasteiger partial charge in [0.05, 0.1) is 33.9 Å². The van der Waals surface area contributed by atoms with E-state index in [1.165, 1.54) is 26.9 Å². The highest BCUT2D eigenvalue weighted by Gasteiger charge is 2.31. The second-order valence-electron chi connectivity index (χ2n) is 9.61. The molecule has 5 aromatic rings. The SMILES string of the molecule is O=c1cc(-c2ccc(C(F)(F)F)cn2)ccn1-c1ccc2c3c(n(S(=O)(=O)Cc4ccccc4)c2c1)CNCC3. The molecule has 0 saturated carbocycles. The standard InChI is InChI=1S/C29H23F3N4O3S/c30-29(31,32)21-6-9-25(34-16-21)20-11-13-35(28(37)14-20)22-7-8-23-24-10-12-33-17-27(24)36(26(23)15-22)40(38,39)18-19-4-2-1-3-5-19/h1-9,11,13-16,33H,10,12,17-18H2. The Morgan fingerprint density at radius 2 is 1.77 bits per heavy atom. The summed E-state index contributed by atoms with van der Waals surface area (Å²) in [5.41, 5.74) is 2.56. The molecule has 0 fully saturated rings. The number of rotatable bonds is 5. The topological polar surface area (TPSA) is 86.0 Å². The van der Waals surface area contributed by atoms with E-state index in [0.29, 0.717) is 41.0 Å². The van der Waals surface area contributed by atoms with Gasteiger partial charge in [0, 0.05) is 36.0 Å². The number of nitrogens with one attached hydrogen (secondary N) is 1. The van der Waals surface area contributed by atoms with Gasteiger partial charge in [-0.2, -0.15) is 13.2 Å². The van der Waals surface area contributed by atoms with Gasteiger partial charge in [-0.25, -0.2) is 12.4 Å². The summed E-state index contributed by atoms with van der Waals surface area (Å²) in [7, 11) is -3.80. The summed E-state index contributed by atoms with van der Waals surface area (Å²) in [5.74, 6) is -0.178. The van der Waals surface area contributed by atoms with E-state index in [-0.39, 0.29) is 11.4 Å². The van der Waals surface area contributed by atoms with Crippen molar-refractivity contribution in [2.24, 2.45) is 0 Å². The number of hydrogen-bond donors (Lipinski definition) is 1. The molecule has 0 atom stereocenters. The molecule has 1 aliphatic rings. The zero-order chi connectivity index (χ0) is 28.1. The number of fused-ring (bicyclic) bond motifs is 3. The zero-order valence-corrected chi connectivity index (χ0v) is 21.8. The number of hydrogen-bond acceptors (Lipinski definition) is 5. The average Bonchev–Trinajstić information content (AvgIpc) is 3.27. The lowest BCUT2D eigenvalue weighted by molar-refractivity contribution is -0.137. The first-order chi connectivity index (χ1) is 19.1. The van der Waals surface area contributed by atoms with Gasteiger partial charge in [-0.15, -0.1) is 0 Å². The number of halogens is 3. The fourth-order valence-corrected chi connectivity index (χ4v) is 6.85. The van der Waals surface area contributed by atoms with E-state index in [4.69, 9.17) is 0 Å². The highest BCUT2D eigenvalue weighted by atomic mass is 32.2. The van der Waals surface area contributed by atoms with Gasteiger partial charge >= 0.3 is 6.18 Å². The van der Waals surface area contributed by atoms with E-state index in [1.54, 1.807) is 42.5 Å². The van der Waals surface area contributed by atoms with Gasteiger partial charge in [0.25, 0.3) is 5.56 Å². The molecule has 4 heterocycles. The Morgan fingerprint density at radius 1 is 0.975 bits per heavy atom. The zero-order valence-electron chi connectivity index (χ0n) is 21.0. The molecule has 0 aliphatic carbocycles. The van der Waals surface area contributed by atoms with Crippen molar-refractivity contribution in [3.8, 4) is 16.9 Å². The van der Waals surface area contributed by atoms with Crippen LogP contribution in [0, 0.1) is 0 Å². The molecule has 11 heteroatoms. The molecular weight excluding hydrogens is 541 g/mol. The van der Waals surface area contributed by atoms with Crippen molar-refractivity contribution in [3.05, 3.63) is 118 Å². The van der Waals surface area contributed by atoms with E-state index in [1.807, 2.05) is 12.1 Å². The lowest BCUT2D eigenvalue weighted by Crippen LogP contribution is -2.27. The fraction of sp³-hybridized carbons (Fsp3) is 0.172. The summed E-state index contributed by atoms with van der Waals surface area (Å²) >= 11 is 0. The number of aromatic nitrogens is 3. The van der Waals surface area contributed by atoms with E-state index < -0.39 is 27.3 Å². The van der Waals surface area contributed by atoms with E-state index in [0.717, 1.165) is 29.8 Å². The average molecular weight is 565 g/mol. The first-order valence-corrected chi connectivity index (χ1v) is 14.1. The first kappa shape index (κ1) is 26.0. The highest BCUT2D eigenvalue weighted by Crippen LogP contribution is 2.33. The van der Waals surface area contributed by atoms with Crippen LogP contribution in [0.3, 0.4) is 0 Å². The Balaban J connectivity index is 1.43. The van der Waals surface area contributed by atoms with Crippen molar-refractivity contribution in [2.45, 2.75) is 24.9 Å². The lowest BCUT2D eigenvalue weighted by atomic mass is 10.0. The molecule has 1 N–H and O–H groups in total. The molecule has 0 radical (unpaired) electrons. The summed E-state index contributed by atoms with van der Waals surface area (Å²) in [6.07, 6.45) is -1.59. The van der Waals surface area contributed by atoms with Crippen molar-refractivity contribution in [3.63, 3.8) is 0 Å². The molecule has 0 spiro atoms. The fourth-order valence-electron chi connectivity index (χ4n) is 5.15. The van der Waals surface area contributed by atoms with Crippen LogP contribution in [0.1, 0.15) is 22.4 Å². The molecule has 3 aromatic heterocycles. The van der Waals surface area contributed by atoms with Crippen LogP contribution >= 0.6 is 0 Å². The van der Waals surface area contributed by atoms with Crippen LogP contribution in [0.25, 0.3) is 27.8 Å². The number of pyridine rings is 2. The monoisotopic (exact) mass is 564 g/mol. The van der Waals surface area contributed by atoms with Crippen molar-refractivity contribution >= 4 is 20.9 Å². The Kier molecular flexibility index (Phi) is 6.35. The third kappa shape index (κ3) is 4.71. The summed E-state index contributed by atoms with van der Waals surface area (Å²) in [6, 6.07) is 19.3. The predicted molar refractivity (Wildman–Crippen MR) is 146 cm³/mol. The number of alkyl halides is 3.